The van der Waals surface area contributed by atoms with E-state index in [1.165, 1.54) is 28.4 Å². The van der Waals surface area contributed by atoms with Crippen molar-refractivity contribution in [2.45, 2.75) is 0 Å². The molecule has 0 saturated carbocycles. The SMILES string of the molecule is O=C1C(SCCO)=C(SCCO)C(=O)N1c1ccccc1I. The lowest BCUT2D eigenvalue weighted by Gasteiger charge is -2.16. The summed E-state index contributed by atoms with van der Waals surface area (Å²) in [7, 11) is 0. The molecule has 2 rings (SSSR count). The number of carbonyl (C=O) groups excluding carboxylic acids is 2. The number of nitrogens with zero attached hydrogens (tertiary/aromatic N) is 1. The van der Waals surface area contributed by atoms with Crippen molar-refractivity contribution in [3.63, 3.8) is 0 Å². The minimum Gasteiger partial charge on any atom is -0.396 e. The van der Waals surface area contributed by atoms with Gasteiger partial charge >= 0.3 is 0 Å². The first kappa shape index (κ1) is 17.8. The fraction of sp³-hybridized carbons (Fsp3) is 0.286. The second kappa shape index (κ2) is 8.34. The van der Waals surface area contributed by atoms with Gasteiger partial charge in [-0.25, -0.2) is 4.90 Å². The Balaban J connectivity index is 2.36. The highest BCUT2D eigenvalue weighted by Gasteiger charge is 2.40. The minimum absolute atomic E-state index is 0.0730. The normalized spacial score (nSPS) is 15.1. The van der Waals surface area contributed by atoms with Crippen molar-refractivity contribution in [1.29, 1.82) is 0 Å². The predicted octanol–water partition coefficient (Wildman–Crippen LogP) is 1.83. The molecule has 0 saturated heterocycles. The highest BCUT2D eigenvalue weighted by Crippen LogP contribution is 2.39. The van der Waals surface area contributed by atoms with Crippen LogP contribution in [0, 0.1) is 3.57 Å². The van der Waals surface area contributed by atoms with E-state index < -0.39 is 0 Å². The summed E-state index contributed by atoms with van der Waals surface area (Å²) in [5.74, 6) is -0.0462. The summed E-state index contributed by atoms with van der Waals surface area (Å²) in [4.78, 5) is 27.1. The molecule has 22 heavy (non-hydrogen) atoms. The largest absolute Gasteiger partial charge is 0.396 e. The molecule has 5 nitrogen and oxygen atoms in total. The van der Waals surface area contributed by atoms with Gasteiger partial charge in [-0.3, -0.25) is 9.59 Å². The van der Waals surface area contributed by atoms with Crippen molar-refractivity contribution < 1.29 is 19.8 Å². The Morgan fingerprint density at radius 3 is 1.91 bits per heavy atom. The van der Waals surface area contributed by atoms with Gasteiger partial charge in [0.1, 0.15) is 0 Å². The lowest BCUT2D eigenvalue weighted by molar-refractivity contribution is -0.120. The van der Waals surface area contributed by atoms with Crippen molar-refractivity contribution in [1.82, 2.24) is 0 Å². The average molecular weight is 451 g/mol. The van der Waals surface area contributed by atoms with Gasteiger partial charge in [-0.1, -0.05) is 12.1 Å². The van der Waals surface area contributed by atoms with Crippen LogP contribution in [0.25, 0.3) is 0 Å². The van der Waals surface area contributed by atoms with E-state index in [9.17, 15) is 9.59 Å². The van der Waals surface area contributed by atoms with Crippen molar-refractivity contribution in [3.05, 3.63) is 37.6 Å². The fourth-order valence-electron chi connectivity index (χ4n) is 1.89. The zero-order valence-electron chi connectivity index (χ0n) is 11.5. The first-order valence-corrected chi connectivity index (χ1v) is 9.51. The molecule has 1 heterocycles. The van der Waals surface area contributed by atoms with E-state index in [4.69, 9.17) is 10.2 Å². The van der Waals surface area contributed by atoms with Gasteiger partial charge in [0.2, 0.25) is 0 Å². The summed E-state index contributed by atoms with van der Waals surface area (Å²) in [5, 5.41) is 17.9. The van der Waals surface area contributed by atoms with Gasteiger partial charge in [0, 0.05) is 15.1 Å². The number of halogens is 1. The highest BCUT2D eigenvalue weighted by molar-refractivity contribution is 14.1. The molecule has 1 aromatic rings. The van der Waals surface area contributed by atoms with E-state index in [-0.39, 0.29) is 25.0 Å². The van der Waals surface area contributed by atoms with E-state index in [0.717, 1.165) is 3.57 Å². The molecule has 2 N–H and O–H groups in total. The summed E-state index contributed by atoms with van der Waals surface area (Å²) >= 11 is 4.43. The molecule has 0 atom stereocenters. The van der Waals surface area contributed by atoms with Crippen LogP contribution in [-0.4, -0.2) is 46.7 Å². The third-order valence-electron chi connectivity index (χ3n) is 2.77. The summed E-state index contributed by atoms with van der Waals surface area (Å²) in [6, 6.07) is 7.17. The Bertz CT molecular complexity index is 591. The van der Waals surface area contributed by atoms with Gasteiger partial charge in [-0.2, -0.15) is 0 Å². The van der Waals surface area contributed by atoms with E-state index in [0.29, 0.717) is 27.0 Å². The molecule has 2 amide bonds. The van der Waals surface area contributed by atoms with Crippen LogP contribution < -0.4 is 4.90 Å². The number of benzene rings is 1. The summed E-state index contributed by atoms with van der Waals surface area (Å²) in [6.45, 7) is -0.146. The summed E-state index contributed by atoms with van der Waals surface area (Å²) in [5.41, 5.74) is 0.555. The second-order valence-corrected chi connectivity index (χ2v) is 7.57. The Hall–Kier alpha value is -0.550. The topological polar surface area (TPSA) is 77.8 Å². The number of anilines is 1. The van der Waals surface area contributed by atoms with Crippen molar-refractivity contribution in [3.8, 4) is 0 Å². The summed E-state index contributed by atoms with van der Waals surface area (Å²) in [6.07, 6.45) is 0. The number of aliphatic hydroxyl groups is 2. The van der Waals surface area contributed by atoms with Crippen LogP contribution >= 0.6 is 46.1 Å². The Kier molecular flexibility index (Phi) is 6.75. The van der Waals surface area contributed by atoms with Gasteiger partial charge in [0.05, 0.1) is 28.7 Å². The van der Waals surface area contributed by atoms with Crippen LogP contribution in [0.4, 0.5) is 5.69 Å². The molecule has 0 bridgehead atoms. The first-order chi connectivity index (χ1) is 10.6. The fourth-order valence-corrected chi connectivity index (χ4v) is 4.33. The monoisotopic (exact) mass is 451 g/mol. The zero-order chi connectivity index (χ0) is 16.1. The van der Waals surface area contributed by atoms with Gasteiger partial charge in [-0.05, 0) is 34.7 Å². The van der Waals surface area contributed by atoms with Crippen LogP contribution in [0.15, 0.2) is 34.1 Å². The van der Waals surface area contributed by atoms with Gasteiger partial charge in [-0.15, -0.1) is 23.5 Å². The minimum atomic E-state index is -0.368. The molecule has 0 fully saturated rings. The Labute approximate surface area is 150 Å². The smallest absolute Gasteiger partial charge is 0.273 e. The third kappa shape index (κ3) is 3.67. The Morgan fingerprint density at radius 1 is 0.955 bits per heavy atom. The summed E-state index contributed by atoms with van der Waals surface area (Å²) < 4.78 is 0.807. The highest BCUT2D eigenvalue weighted by atomic mass is 127. The first-order valence-electron chi connectivity index (χ1n) is 6.46. The van der Waals surface area contributed by atoms with E-state index in [1.807, 2.05) is 12.1 Å². The number of rotatable bonds is 7. The predicted molar refractivity (Wildman–Crippen MR) is 97.8 cm³/mol. The molecular formula is C14H14INO4S2. The molecule has 1 aliphatic rings. The molecule has 0 spiro atoms. The maximum Gasteiger partial charge on any atom is 0.273 e. The number of para-hydroxylation sites is 1. The van der Waals surface area contributed by atoms with Crippen LogP contribution in [0.2, 0.25) is 0 Å². The van der Waals surface area contributed by atoms with Crippen molar-refractivity contribution >= 4 is 63.6 Å². The lowest BCUT2D eigenvalue weighted by atomic mass is 10.3. The number of thioether (sulfide) groups is 2. The molecular weight excluding hydrogens is 437 g/mol. The zero-order valence-corrected chi connectivity index (χ0v) is 15.3. The molecule has 8 heteroatoms. The van der Waals surface area contributed by atoms with Crippen molar-refractivity contribution in [2.75, 3.05) is 29.6 Å². The van der Waals surface area contributed by atoms with E-state index in [1.54, 1.807) is 12.1 Å². The molecule has 1 aliphatic heterocycles. The van der Waals surface area contributed by atoms with Crippen LogP contribution in [0.1, 0.15) is 0 Å². The second-order valence-electron chi connectivity index (χ2n) is 4.20. The number of imide groups is 1. The van der Waals surface area contributed by atoms with Crippen LogP contribution in [0.5, 0.6) is 0 Å². The van der Waals surface area contributed by atoms with E-state index in [2.05, 4.69) is 22.6 Å². The molecule has 0 aromatic heterocycles. The lowest BCUT2D eigenvalue weighted by Crippen LogP contribution is -2.32. The molecule has 0 unspecified atom stereocenters. The maximum absolute atomic E-state index is 12.6. The van der Waals surface area contributed by atoms with Crippen LogP contribution in [0.3, 0.4) is 0 Å². The van der Waals surface area contributed by atoms with Gasteiger partial charge in [0.25, 0.3) is 11.8 Å². The van der Waals surface area contributed by atoms with Gasteiger partial charge < -0.3 is 10.2 Å². The number of hydrogen-bond acceptors (Lipinski definition) is 6. The quantitative estimate of drug-likeness (QED) is 0.487. The number of amides is 2. The van der Waals surface area contributed by atoms with Crippen molar-refractivity contribution in [2.24, 2.45) is 0 Å². The van der Waals surface area contributed by atoms with Crippen LogP contribution in [-0.2, 0) is 9.59 Å². The Morgan fingerprint density at radius 2 is 1.45 bits per heavy atom. The standard InChI is InChI=1S/C14H14INO4S2/c15-9-3-1-2-4-10(9)16-13(19)11(21-7-5-17)12(14(16)20)22-8-6-18/h1-4,17-18H,5-8H2. The third-order valence-corrected chi connectivity index (χ3v) is 5.92. The molecule has 1 aromatic carbocycles. The molecule has 0 aliphatic carbocycles. The number of hydrogen-bond donors (Lipinski definition) is 2. The average Bonchev–Trinajstić information content (AvgIpc) is 2.74. The maximum atomic E-state index is 12.6. The molecule has 0 radical (unpaired) electrons. The molecule has 118 valence electrons. The number of aliphatic hydroxyl groups excluding tert-OH is 2. The van der Waals surface area contributed by atoms with Gasteiger partial charge in [0.15, 0.2) is 0 Å². The van der Waals surface area contributed by atoms with E-state index >= 15 is 0 Å². The number of carbonyl (C=O) groups is 2.